The standard InChI is InChI=1S/C30H34N6O2/c1-37-29-11-7-25(8-12-29)31-33-27-15-21-35(22-16-27)19-5-3-4-6-20-36-23-17-28(18-24-36)34-32-26-9-13-30(38-2)14-10-26/h7-18,21-24H,3-6,19-20H2,1-2H3/q+2. The molecule has 2 heterocycles. The normalized spacial score (nSPS) is 11.3. The van der Waals surface area contributed by atoms with E-state index in [1.807, 2.05) is 72.8 Å². The van der Waals surface area contributed by atoms with Crippen LogP contribution in [0.4, 0.5) is 22.7 Å². The number of aromatic nitrogens is 2. The number of nitrogens with zero attached hydrogens (tertiary/aromatic N) is 6. The van der Waals surface area contributed by atoms with Crippen molar-refractivity contribution in [1.82, 2.24) is 0 Å². The SMILES string of the molecule is COc1ccc(/N=N\c2cc[n+](CCCCCC[n+]3ccc(/N=N\c4ccc(OC)cc4)cc3)cc2)cc1. The summed E-state index contributed by atoms with van der Waals surface area (Å²) in [7, 11) is 3.30. The van der Waals surface area contributed by atoms with Crippen LogP contribution in [-0.2, 0) is 13.1 Å². The van der Waals surface area contributed by atoms with Crippen molar-refractivity contribution in [3.8, 4) is 11.5 Å². The molecule has 0 N–H and O–H groups in total. The quantitative estimate of drug-likeness (QED) is 0.107. The molecule has 0 saturated heterocycles. The molecule has 0 amide bonds. The molecule has 4 aromatic rings. The zero-order valence-electron chi connectivity index (χ0n) is 22.0. The Morgan fingerprint density at radius 2 is 0.763 bits per heavy atom. The Balaban J connectivity index is 1.11. The largest absolute Gasteiger partial charge is 0.497 e. The van der Waals surface area contributed by atoms with Crippen molar-refractivity contribution >= 4 is 22.7 Å². The fourth-order valence-electron chi connectivity index (χ4n) is 3.80. The van der Waals surface area contributed by atoms with Crippen LogP contribution < -0.4 is 18.6 Å². The highest BCUT2D eigenvalue weighted by Gasteiger charge is 2.04. The van der Waals surface area contributed by atoms with Gasteiger partial charge in [0.25, 0.3) is 0 Å². The number of hydrogen-bond donors (Lipinski definition) is 0. The molecule has 0 unspecified atom stereocenters. The van der Waals surface area contributed by atoms with Crippen molar-refractivity contribution in [2.24, 2.45) is 20.5 Å². The minimum atomic E-state index is 0.798. The molecule has 0 spiro atoms. The van der Waals surface area contributed by atoms with Crippen LogP contribution in [0.2, 0.25) is 0 Å². The van der Waals surface area contributed by atoms with Gasteiger partial charge in [-0.15, -0.1) is 0 Å². The molecule has 2 aromatic heterocycles. The van der Waals surface area contributed by atoms with Crippen LogP contribution in [0.25, 0.3) is 0 Å². The maximum Gasteiger partial charge on any atom is 0.171 e. The lowest BCUT2D eigenvalue weighted by Gasteiger charge is -2.00. The topological polar surface area (TPSA) is 75.7 Å². The highest BCUT2D eigenvalue weighted by molar-refractivity contribution is 5.43. The maximum absolute atomic E-state index is 5.16. The number of benzene rings is 2. The van der Waals surface area contributed by atoms with Gasteiger partial charge in [0.05, 0.1) is 37.0 Å². The summed E-state index contributed by atoms with van der Waals surface area (Å²) in [5.41, 5.74) is 3.27. The molecule has 0 atom stereocenters. The monoisotopic (exact) mass is 510 g/mol. The number of methoxy groups -OCH3 is 2. The van der Waals surface area contributed by atoms with Gasteiger partial charge >= 0.3 is 0 Å². The van der Waals surface area contributed by atoms with Crippen molar-refractivity contribution < 1.29 is 18.6 Å². The van der Waals surface area contributed by atoms with Crippen LogP contribution in [-0.4, -0.2) is 14.2 Å². The Kier molecular flexibility index (Phi) is 10.0. The summed E-state index contributed by atoms with van der Waals surface area (Å²) in [5, 5.41) is 17.2. The minimum absolute atomic E-state index is 0.798. The summed E-state index contributed by atoms with van der Waals surface area (Å²) in [6.45, 7) is 1.99. The first-order valence-corrected chi connectivity index (χ1v) is 12.8. The molecular formula is C30H34N6O2+2. The van der Waals surface area contributed by atoms with Crippen LogP contribution >= 0.6 is 0 Å². The Morgan fingerprint density at radius 1 is 0.447 bits per heavy atom. The zero-order chi connectivity index (χ0) is 26.4. The molecule has 8 nitrogen and oxygen atoms in total. The van der Waals surface area contributed by atoms with Crippen molar-refractivity contribution in [3.63, 3.8) is 0 Å². The average Bonchev–Trinajstić information content (AvgIpc) is 2.98. The number of aryl methyl sites for hydroxylation is 2. The first-order valence-electron chi connectivity index (χ1n) is 12.8. The van der Waals surface area contributed by atoms with E-state index >= 15 is 0 Å². The van der Waals surface area contributed by atoms with Gasteiger partial charge in [-0.2, -0.15) is 20.5 Å². The van der Waals surface area contributed by atoms with Gasteiger partial charge in [0, 0.05) is 37.1 Å². The second kappa shape index (κ2) is 14.3. The van der Waals surface area contributed by atoms with Gasteiger partial charge in [-0.1, -0.05) is 0 Å². The minimum Gasteiger partial charge on any atom is -0.497 e. The molecule has 0 saturated carbocycles. The summed E-state index contributed by atoms with van der Waals surface area (Å²) in [6, 6.07) is 23.0. The Bertz CT molecular complexity index is 1200. The summed E-state index contributed by atoms with van der Waals surface area (Å²) in [6.07, 6.45) is 12.9. The van der Waals surface area contributed by atoms with Crippen molar-refractivity contribution in [2.45, 2.75) is 38.8 Å². The second-order valence-electron chi connectivity index (χ2n) is 8.80. The van der Waals surface area contributed by atoms with Crippen LogP contribution in [0, 0.1) is 0 Å². The van der Waals surface area contributed by atoms with E-state index < -0.39 is 0 Å². The smallest absolute Gasteiger partial charge is 0.171 e. The van der Waals surface area contributed by atoms with Gasteiger partial charge in [0.1, 0.15) is 24.6 Å². The lowest BCUT2D eigenvalue weighted by molar-refractivity contribution is -0.698. The first-order chi connectivity index (χ1) is 18.7. The molecule has 0 aliphatic carbocycles. The number of azo groups is 2. The van der Waals surface area contributed by atoms with Gasteiger partial charge < -0.3 is 9.47 Å². The third-order valence-corrected chi connectivity index (χ3v) is 6.04. The van der Waals surface area contributed by atoms with E-state index in [0.29, 0.717) is 0 Å². The molecule has 0 aliphatic heterocycles. The fourth-order valence-corrected chi connectivity index (χ4v) is 3.80. The summed E-state index contributed by atoms with van der Waals surface area (Å²) < 4.78 is 14.7. The molecule has 194 valence electrons. The Labute approximate surface area is 224 Å². The van der Waals surface area contributed by atoms with E-state index in [-0.39, 0.29) is 0 Å². The molecule has 38 heavy (non-hydrogen) atoms. The lowest BCUT2D eigenvalue weighted by atomic mass is 10.2. The fraction of sp³-hybridized carbons (Fsp3) is 0.267. The first kappa shape index (κ1) is 26.6. The van der Waals surface area contributed by atoms with Gasteiger partial charge in [0.2, 0.25) is 0 Å². The number of ether oxygens (including phenoxy) is 2. The van der Waals surface area contributed by atoms with Crippen LogP contribution in [0.3, 0.4) is 0 Å². The third-order valence-electron chi connectivity index (χ3n) is 6.04. The van der Waals surface area contributed by atoms with Crippen LogP contribution in [0.1, 0.15) is 25.7 Å². The van der Waals surface area contributed by atoms with E-state index in [2.05, 4.69) is 54.4 Å². The predicted molar refractivity (Wildman–Crippen MR) is 146 cm³/mol. The highest BCUT2D eigenvalue weighted by Crippen LogP contribution is 2.21. The lowest BCUT2D eigenvalue weighted by Crippen LogP contribution is -2.33. The number of rotatable bonds is 13. The molecule has 0 aliphatic rings. The van der Waals surface area contributed by atoms with Gasteiger partial charge in [-0.05, 0) is 61.4 Å². The maximum atomic E-state index is 5.16. The van der Waals surface area contributed by atoms with Crippen molar-refractivity contribution in [2.75, 3.05) is 14.2 Å². The van der Waals surface area contributed by atoms with Gasteiger partial charge in [-0.25, -0.2) is 9.13 Å². The number of pyridine rings is 2. The molecule has 0 bridgehead atoms. The number of unbranched alkanes of at least 4 members (excludes halogenated alkanes) is 3. The Hall–Kier alpha value is -4.46. The zero-order valence-corrected chi connectivity index (χ0v) is 22.0. The van der Waals surface area contributed by atoms with Gasteiger partial charge in [-0.3, -0.25) is 0 Å². The molecular weight excluding hydrogens is 476 g/mol. The molecule has 0 radical (unpaired) electrons. The van der Waals surface area contributed by atoms with E-state index in [0.717, 1.165) is 60.2 Å². The number of hydrogen-bond acceptors (Lipinski definition) is 6. The predicted octanol–water partition coefficient (Wildman–Crippen LogP) is 7.37. The average molecular weight is 511 g/mol. The van der Waals surface area contributed by atoms with E-state index in [4.69, 9.17) is 9.47 Å². The third kappa shape index (κ3) is 8.58. The van der Waals surface area contributed by atoms with Crippen LogP contribution in [0.15, 0.2) is 118 Å². The van der Waals surface area contributed by atoms with Gasteiger partial charge in [0.15, 0.2) is 24.8 Å². The Morgan fingerprint density at radius 3 is 1.08 bits per heavy atom. The van der Waals surface area contributed by atoms with E-state index in [1.165, 1.54) is 12.8 Å². The van der Waals surface area contributed by atoms with E-state index in [9.17, 15) is 0 Å². The summed E-state index contributed by atoms with van der Waals surface area (Å²) in [5.74, 6) is 1.62. The van der Waals surface area contributed by atoms with E-state index in [1.54, 1.807) is 14.2 Å². The summed E-state index contributed by atoms with van der Waals surface area (Å²) >= 11 is 0. The molecule has 4 rings (SSSR count). The van der Waals surface area contributed by atoms with Crippen LogP contribution in [0.5, 0.6) is 11.5 Å². The second-order valence-corrected chi connectivity index (χ2v) is 8.80. The van der Waals surface area contributed by atoms with Crippen molar-refractivity contribution in [1.29, 1.82) is 0 Å². The summed E-state index contributed by atoms with van der Waals surface area (Å²) in [4.78, 5) is 0. The molecule has 2 aromatic carbocycles. The molecule has 0 fully saturated rings. The highest BCUT2D eigenvalue weighted by atomic mass is 16.5. The van der Waals surface area contributed by atoms with Crippen molar-refractivity contribution in [3.05, 3.63) is 97.6 Å². The molecule has 8 heteroatoms.